The fraction of sp³-hybridized carbons (Fsp3) is 0.647. The van der Waals surface area contributed by atoms with Gasteiger partial charge in [0, 0.05) is 26.4 Å². The molecule has 0 heterocycles. The van der Waals surface area contributed by atoms with E-state index in [2.05, 4.69) is 26.0 Å². The van der Waals surface area contributed by atoms with Gasteiger partial charge >= 0.3 is 0 Å². The second-order valence-electron chi connectivity index (χ2n) is 5.18. The molecule has 2 unspecified atom stereocenters. The molecule has 4 nitrogen and oxygen atoms in total. The third-order valence-corrected chi connectivity index (χ3v) is 3.52. The van der Waals surface area contributed by atoms with E-state index < -0.39 is 0 Å². The van der Waals surface area contributed by atoms with Gasteiger partial charge in [0.25, 0.3) is 0 Å². The summed E-state index contributed by atoms with van der Waals surface area (Å²) in [4.78, 5) is 0. The molecule has 0 fully saturated rings. The van der Waals surface area contributed by atoms with E-state index in [1.54, 1.807) is 7.11 Å². The highest BCUT2D eigenvalue weighted by Crippen LogP contribution is 2.24. The van der Waals surface area contributed by atoms with Crippen LogP contribution in [0.4, 0.5) is 0 Å². The smallest absolute Gasteiger partial charge is 0.0979 e. The van der Waals surface area contributed by atoms with E-state index in [1.165, 1.54) is 11.1 Å². The maximum Gasteiger partial charge on any atom is 0.0979 e. The van der Waals surface area contributed by atoms with Gasteiger partial charge in [-0.15, -0.1) is 0 Å². The zero-order chi connectivity index (χ0) is 15.5. The summed E-state index contributed by atoms with van der Waals surface area (Å²) in [6.07, 6.45) is 1.72. The average molecular weight is 295 g/mol. The fourth-order valence-corrected chi connectivity index (χ4v) is 2.21. The highest BCUT2D eigenvalue weighted by atomic mass is 16.5. The minimum Gasteiger partial charge on any atom is -0.385 e. The molecule has 1 rings (SSSR count). The molecule has 1 aromatic rings. The molecule has 0 saturated heterocycles. The zero-order valence-corrected chi connectivity index (χ0v) is 13.5. The highest BCUT2D eigenvalue weighted by Gasteiger charge is 2.20. The van der Waals surface area contributed by atoms with Gasteiger partial charge in [-0.25, -0.2) is 0 Å². The molecule has 0 aliphatic rings. The van der Waals surface area contributed by atoms with Crippen molar-refractivity contribution in [1.29, 1.82) is 0 Å². The molecular formula is C17H29NO3. The first-order valence-electron chi connectivity index (χ1n) is 7.70. The Bertz CT molecular complexity index is 384. The van der Waals surface area contributed by atoms with Gasteiger partial charge in [-0.1, -0.05) is 31.2 Å². The van der Waals surface area contributed by atoms with Crippen molar-refractivity contribution in [2.75, 3.05) is 33.5 Å². The Kier molecular flexibility index (Phi) is 9.26. The molecule has 2 atom stereocenters. The summed E-state index contributed by atoms with van der Waals surface area (Å²) in [5.41, 5.74) is 8.60. The van der Waals surface area contributed by atoms with E-state index in [4.69, 9.17) is 19.9 Å². The Morgan fingerprint density at radius 3 is 2.52 bits per heavy atom. The second-order valence-corrected chi connectivity index (χ2v) is 5.18. The van der Waals surface area contributed by atoms with E-state index in [1.807, 2.05) is 12.1 Å². The number of rotatable bonds is 11. The molecule has 0 radical (unpaired) electrons. The third kappa shape index (κ3) is 6.57. The van der Waals surface area contributed by atoms with Gasteiger partial charge in [0.1, 0.15) is 0 Å². The maximum atomic E-state index is 6.22. The lowest BCUT2D eigenvalue weighted by Crippen LogP contribution is -2.31. The maximum absolute atomic E-state index is 6.22. The molecule has 0 aromatic heterocycles. The van der Waals surface area contributed by atoms with Gasteiger partial charge in [0.2, 0.25) is 0 Å². The van der Waals surface area contributed by atoms with E-state index in [0.717, 1.165) is 19.4 Å². The first-order valence-corrected chi connectivity index (χ1v) is 7.70. The number of hydrogen-bond donors (Lipinski definition) is 1. The van der Waals surface area contributed by atoms with Gasteiger partial charge in [0.15, 0.2) is 0 Å². The molecule has 0 aliphatic heterocycles. The topological polar surface area (TPSA) is 53.7 Å². The van der Waals surface area contributed by atoms with Gasteiger partial charge in [-0.2, -0.15) is 0 Å². The zero-order valence-electron chi connectivity index (χ0n) is 13.5. The van der Waals surface area contributed by atoms with E-state index in [0.29, 0.717) is 19.8 Å². The quantitative estimate of drug-likeness (QED) is 0.638. The van der Waals surface area contributed by atoms with Crippen LogP contribution < -0.4 is 5.73 Å². The normalized spacial score (nSPS) is 14.1. The Balaban J connectivity index is 2.43. The van der Waals surface area contributed by atoms with Gasteiger partial charge < -0.3 is 19.9 Å². The van der Waals surface area contributed by atoms with Crippen molar-refractivity contribution in [2.45, 2.75) is 38.8 Å². The summed E-state index contributed by atoms with van der Waals surface area (Å²) in [7, 11) is 1.70. The Labute approximate surface area is 128 Å². The molecule has 1 aromatic carbocycles. The number of ether oxygens (including phenoxy) is 3. The summed E-state index contributed by atoms with van der Waals surface area (Å²) >= 11 is 0. The fourth-order valence-electron chi connectivity index (χ4n) is 2.21. The van der Waals surface area contributed by atoms with Crippen molar-refractivity contribution < 1.29 is 14.2 Å². The summed E-state index contributed by atoms with van der Waals surface area (Å²) in [5.74, 6) is 0. The molecule has 21 heavy (non-hydrogen) atoms. The van der Waals surface area contributed by atoms with Crippen LogP contribution >= 0.6 is 0 Å². The van der Waals surface area contributed by atoms with Crippen LogP contribution in [0.25, 0.3) is 0 Å². The lowest BCUT2D eigenvalue weighted by molar-refractivity contribution is -0.0107. The molecule has 120 valence electrons. The average Bonchev–Trinajstić information content (AvgIpc) is 2.50. The lowest BCUT2D eigenvalue weighted by Gasteiger charge is -2.25. The van der Waals surface area contributed by atoms with Gasteiger partial charge in [-0.3, -0.25) is 0 Å². The molecule has 0 spiro atoms. The van der Waals surface area contributed by atoms with Crippen molar-refractivity contribution in [1.82, 2.24) is 0 Å². The molecule has 0 saturated carbocycles. The second kappa shape index (κ2) is 10.7. The molecule has 4 heteroatoms. The minimum absolute atomic E-state index is 0.000378. The monoisotopic (exact) mass is 295 g/mol. The van der Waals surface area contributed by atoms with E-state index >= 15 is 0 Å². The first-order chi connectivity index (χ1) is 10.2. The van der Waals surface area contributed by atoms with Crippen molar-refractivity contribution in [3.8, 4) is 0 Å². The van der Waals surface area contributed by atoms with Crippen molar-refractivity contribution in [3.05, 3.63) is 35.4 Å². The summed E-state index contributed by atoms with van der Waals surface area (Å²) in [6, 6.07) is 8.25. The lowest BCUT2D eigenvalue weighted by atomic mass is 9.97. The number of aryl methyl sites for hydroxylation is 1. The van der Waals surface area contributed by atoms with E-state index in [9.17, 15) is 0 Å². The van der Waals surface area contributed by atoms with Crippen molar-refractivity contribution >= 4 is 0 Å². The first kappa shape index (κ1) is 18.1. The third-order valence-electron chi connectivity index (χ3n) is 3.52. The molecule has 0 bridgehead atoms. The number of nitrogens with two attached hydrogens (primary N) is 1. The van der Waals surface area contributed by atoms with Crippen LogP contribution in [0.15, 0.2) is 24.3 Å². The Morgan fingerprint density at radius 1 is 1.10 bits per heavy atom. The molecular weight excluding hydrogens is 266 g/mol. The number of benzene rings is 1. The van der Waals surface area contributed by atoms with Crippen LogP contribution in [-0.2, 0) is 14.2 Å². The minimum atomic E-state index is -0.0706. The molecule has 2 N–H and O–H groups in total. The van der Waals surface area contributed by atoms with Crippen LogP contribution in [0.3, 0.4) is 0 Å². The SMILES string of the molecule is CCC(N)C(OCCOCCCOC)c1ccccc1C. The largest absolute Gasteiger partial charge is 0.385 e. The molecule has 0 aliphatic carbocycles. The standard InChI is InChI=1S/C17H29NO3/c1-4-16(18)17(15-9-6-5-8-14(15)2)21-13-12-20-11-7-10-19-3/h5-6,8-9,16-17H,4,7,10-13,18H2,1-3H3. The summed E-state index contributed by atoms with van der Waals surface area (Å²) in [5, 5.41) is 0. The van der Waals surface area contributed by atoms with Crippen molar-refractivity contribution in [3.63, 3.8) is 0 Å². The van der Waals surface area contributed by atoms with Crippen molar-refractivity contribution in [2.24, 2.45) is 5.73 Å². The van der Waals surface area contributed by atoms with E-state index in [-0.39, 0.29) is 12.1 Å². The van der Waals surface area contributed by atoms with Gasteiger partial charge in [0.05, 0.1) is 19.3 Å². The van der Waals surface area contributed by atoms with Gasteiger partial charge in [-0.05, 0) is 30.9 Å². The molecule has 0 amide bonds. The predicted octanol–water partition coefficient (Wildman–Crippen LogP) is 2.84. The van der Waals surface area contributed by atoms with Crippen LogP contribution in [-0.4, -0.2) is 39.6 Å². The highest BCUT2D eigenvalue weighted by molar-refractivity contribution is 5.28. The summed E-state index contributed by atoms with van der Waals surface area (Å²) in [6.45, 7) is 6.75. The van der Waals surface area contributed by atoms with Crippen LogP contribution in [0.1, 0.15) is 37.0 Å². The number of hydrogen-bond acceptors (Lipinski definition) is 4. The number of methoxy groups -OCH3 is 1. The summed E-state index contributed by atoms with van der Waals surface area (Å²) < 4.78 is 16.5. The van der Waals surface area contributed by atoms with Crippen LogP contribution in [0.5, 0.6) is 0 Å². The Hall–Kier alpha value is -0.940. The van der Waals surface area contributed by atoms with Crippen LogP contribution in [0.2, 0.25) is 0 Å². The Morgan fingerprint density at radius 2 is 1.86 bits per heavy atom. The predicted molar refractivity (Wildman–Crippen MR) is 85.5 cm³/mol. The van der Waals surface area contributed by atoms with Crippen LogP contribution in [0, 0.1) is 6.92 Å².